The lowest BCUT2D eigenvalue weighted by Crippen LogP contribution is -2.23. The Labute approximate surface area is 129 Å². The highest BCUT2D eigenvalue weighted by atomic mass is 16.5. The molecular formula is C17H17N3O2. The molecule has 2 aliphatic rings. The van der Waals surface area contributed by atoms with Crippen LogP contribution in [0.2, 0.25) is 0 Å². The molecule has 2 atom stereocenters. The van der Waals surface area contributed by atoms with Gasteiger partial charge in [0.05, 0.1) is 24.8 Å². The number of hydrogen-bond donors (Lipinski definition) is 2. The molecule has 112 valence electrons. The summed E-state index contributed by atoms with van der Waals surface area (Å²) in [7, 11) is 3.46. The molecule has 2 unspecified atom stereocenters. The van der Waals surface area contributed by atoms with E-state index in [4.69, 9.17) is 14.7 Å². The summed E-state index contributed by atoms with van der Waals surface area (Å²) in [5.41, 5.74) is 2.63. The minimum Gasteiger partial charge on any atom is -0.493 e. The number of methoxy groups -OCH3 is 1. The van der Waals surface area contributed by atoms with Gasteiger partial charge in [-0.25, -0.2) is 0 Å². The molecule has 2 N–H and O–H groups in total. The average Bonchev–Trinajstić information content (AvgIpc) is 2.92. The minimum absolute atomic E-state index is 0.106. The second kappa shape index (κ2) is 5.96. The SMILES string of the molecule is CNc1ccc(C2NC3C=CC(C#N)=CC(OC)=C3O2)cc1. The van der Waals surface area contributed by atoms with Gasteiger partial charge in [0, 0.05) is 24.4 Å². The number of benzene rings is 1. The molecule has 0 amide bonds. The molecule has 0 aromatic heterocycles. The number of rotatable bonds is 3. The van der Waals surface area contributed by atoms with Crippen molar-refractivity contribution in [3.63, 3.8) is 0 Å². The fourth-order valence-corrected chi connectivity index (χ4v) is 2.51. The first-order valence-corrected chi connectivity index (χ1v) is 7.03. The molecule has 1 heterocycles. The van der Waals surface area contributed by atoms with Crippen LogP contribution in [-0.2, 0) is 9.47 Å². The maximum atomic E-state index is 9.06. The summed E-state index contributed by atoms with van der Waals surface area (Å²) in [5.74, 6) is 1.28. The van der Waals surface area contributed by atoms with Crippen LogP contribution >= 0.6 is 0 Å². The Morgan fingerprint density at radius 2 is 2.09 bits per heavy atom. The minimum atomic E-state index is -0.238. The molecule has 0 spiro atoms. The van der Waals surface area contributed by atoms with Gasteiger partial charge in [0.25, 0.3) is 0 Å². The standard InChI is InChI=1S/C17H17N3O2/c1-19-13-6-4-12(5-7-13)17-20-14-8-3-11(10-18)9-15(21-2)16(14)22-17/h3-9,14,17,19-20H,1-2H3. The smallest absolute Gasteiger partial charge is 0.177 e. The zero-order valence-corrected chi connectivity index (χ0v) is 12.5. The van der Waals surface area contributed by atoms with Crippen molar-refractivity contribution in [2.45, 2.75) is 12.3 Å². The van der Waals surface area contributed by atoms with Crippen molar-refractivity contribution in [1.29, 1.82) is 5.26 Å². The quantitative estimate of drug-likeness (QED) is 0.897. The van der Waals surface area contributed by atoms with E-state index in [0.717, 1.165) is 11.3 Å². The topological polar surface area (TPSA) is 66.3 Å². The van der Waals surface area contributed by atoms with E-state index in [2.05, 4.69) is 16.7 Å². The van der Waals surface area contributed by atoms with Crippen molar-refractivity contribution in [3.8, 4) is 6.07 Å². The number of hydrogen-bond acceptors (Lipinski definition) is 5. The molecule has 1 aliphatic carbocycles. The number of allylic oxidation sites excluding steroid dienone is 3. The summed E-state index contributed by atoms with van der Waals surface area (Å²) in [5, 5.41) is 15.5. The van der Waals surface area contributed by atoms with Crippen LogP contribution in [-0.4, -0.2) is 20.2 Å². The molecule has 0 saturated carbocycles. The van der Waals surface area contributed by atoms with E-state index >= 15 is 0 Å². The second-order valence-electron chi connectivity index (χ2n) is 5.02. The van der Waals surface area contributed by atoms with Gasteiger partial charge in [0.15, 0.2) is 17.7 Å². The number of nitriles is 1. The molecule has 3 rings (SSSR count). The number of anilines is 1. The van der Waals surface area contributed by atoms with Gasteiger partial charge >= 0.3 is 0 Å². The Balaban J connectivity index is 1.89. The Bertz CT molecular complexity index is 696. The van der Waals surface area contributed by atoms with Gasteiger partial charge in [-0.3, -0.25) is 5.32 Å². The Morgan fingerprint density at radius 3 is 2.73 bits per heavy atom. The van der Waals surface area contributed by atoms with Crippen LogP contribution in [0.3, 0.4) is 0 Å². The highest BCUT2D eigenvalue weighted by molar-refractivity contribution is 5.46. The Morgan fingerprint density at radius 1 is 1.32 bits per heavy atom. The molecule has 5 nitrogen and oxygen atoms in total. The zero-order valence-electron chi connectivity index (χ0n) is 12.5. The van der Waals surface area contributed by atoms with Crippen molar-refractivity contribution in [2.75, 3.05) is 19.5 Å². The van der Waals surface area contributed by atoms with E-state index in [9.17, 15) is 0 Å². The summed E-state index contributed by atoms with van der Waals surface area (Å²) < 4.78 is 11.4. The van der Waals surface area contributed by atoms with Gasteiger partial charge < -0.3 is 14.8 Å². The van der Waals surface area contributed by atoms with E-state index in [1.54, 1.807) is 19.3 Å². The highest BCUT2D eigenvalue weighted by Gasteiger charge is 2.33. The van der Waals surface area contributed by atoms with Crippen LogP contribution < -0.4 is 10.6 Å². The molecule has 5 heteroatoms. The van der Waals surface area contributed by atoms with Gasteiger partial charge in [-0.05, 0) is 18.2 Å². The van der Waals surface area contributed by atoms with Gasteiger partial charge in [0.1, 0.15) is 0 Å². The third-order valence-corrected chi connectivity index (χ3v) is 3.71. The summed E-state index contributed by atoms with van der Waals surface area (Å²) in [6, 6.07) is 10.1. The largest absolute Gasteiger partial charge is 0.493 e. The average molecular weight is 295 g/mol. The first-order valence-electron chi connectivity index (χ1n) is 7.03. The maximum Gasteiger partial charge on any atom is 0.177 e. The van der Waals surface area contributed by atoms with Crippen molar-refractivity contribution in [3.05, 3.63) is 65.1 Å². The van der Waals surface area contributed by atoms with Crippen LogP contribution in [0, 0.1) is 11.3 Å². The van der Waals surface area contributed by atoms with Crippen LogP contribution in [0.4, 0.5) is 5.69 Å². The molecule has 1 fully saturated rings. The lowest BCUT2D eigenvalue weighted by Gasteiger charge is -2.12. The van der Waals surface area contributed by atoms with Gasteiger partial charge in [-0.1, -0.05) is 18.2 Å². The van der Waals surface area contributed by atoms with Crippen LogP contribution in [0.25, 0.3) is 0 Å². The molecule has 22 heavy (non-hydrogen) atoms. The highest BCUT2D eigenvalue weighted by Crippen LogP contribution is 2.33. The molecule has 1 aliphatic heterocycles. The summed E-state index contributed by atoms with van der Waals surface area (Å²) in [6.07, 6.45) is 5.15. The van der Waals surface area contributed by atoms with Gasteiger partial charge in [-0.15, -0.1) is 0 Å². The van der Waals surface area contributed by atoms with E-state index in [-0.39, 0.29) is 12.3 Å². The monoisotopic (exact) mass is 295 g/mol. The van der Waals surface area contributed by atoms with Crippen LogP contribution in [0.1, 0.15) is 11.8 Å². The fraction of sp³-hybridized carbons (Fsp3) is 0.235. The van der Waals surface area contributed by atoms with Crippen molar-refractivity contribution >= 4 is 5.69 Å². The van der Waals surface area contributed by atoms with Crippen molar-refractivity contribution in [2.24, 2.45) is 0 Å². The van der Waals surface area contributed by atoms with Crippen molar-refractivity contribution < 1.29 is 9.47 Å². The molecule has 0 bridgehead atoms. The lowest BCUT2D eigenvalue weighted by molar-refractivity contribution is 0.134. The fourth-order valence-electron chi connectivity index (χ4n) is 2.51. The zero-order chi connectivity index (χ0) is 15.5. The third-order valence-electron chi connectivity index (χ3n) is 3.71. The Kier molecular flexibility index (Phi) is 3.86. The molecule has 0 radical (unpaired) electrons. The van der Waals surface area contributed by atoms with Crippen molar-refractivity contribution in [1.82, 2.24) is 5.32 Å². The number of fused-ring (bicyclic) bond motifs is 1. The van der Waals surface area contributed by atoms with E-state index < -0.39 is 0 Å². The number of nitrogens with one attached hydrogen (secondary N) is 2. The predicted molar refractivity (Wildman–Crippen MR) is 83.6 cm³/mol. The van der Waals surface area contributed by atoms with E-state index in [0.29, 0.717) is 17.1 Å². The predicted octanol–water partition coefficient (Wildman–Crippen LogP) is 2.59. The van der Waals surface area contributed by atoms with Gasteiger partial charge in [-0.2, -0.15) is 5.26 Å². The maximum absolute atomic E-state index is 9.06. The first kappa shape index (κ1) is 14.2. The summed E-state index contributed by atoms with van der Waals surface area (Å²) in [4.78, 5) is 0. The number of ether oxygens (including phenoxy) is 2. The number of nitrogens with zero attached hydrogens (tertiary/aromatic N) is 1. The molecule has 1 aromatic carbocycles. The third kappa shape index (κ3) is 2.57. The summed E-state index contributed by atoms with van der Waals surface area (Å²) >= 11 is 0. The van der Waals surface area contributed by atoms with Crippen LogP contribution in [0.5, 0.6) is 0 Å². The molecule has 1 saturated heterocycles. The second-order valence-corrected chi connectivity index (χ2v) is 5.02. The van der Waals surface area contributed by atoms with Gasteiger partial charge in [0.2, 0.25) is 0 Å². The Hall–Kier alpha value is -2.71. The lowest BCUT2D eigenvalue weighted by atomic mass is 10.1. The van der Waals surface area contributed by atoms with E-state index in [1.165, 1.54) is 0 Å². The first-order chi connectivity index (χ1) is 10.7. The van der Waals surface area contributed by atoms with E-state index in [1.807, 2.05) is 37.4 Å². The normalized spacial score (nSPS) is 23.0. The molecule has 1 aromatic rings. The molecular weight excluding hydrogens is 278 g/mol. The van der Waals surface area contributed by atoms with Crippen LogP contribution in [0.15, 0.2) is 59.6 Å². The summed E-state index contributed by atoms with van der Waals surface area (Å²) in [6.45, 7) is 0.